The first-order valence-electron chi connectivity index (χ1n) is 8.22. The summed E-state index contributed by atoms with van der Waals surface area (Å²) in [5, 5.41) is 16.2. The first kappa shape index (κ1) is 17.3. The van der Waals surface area contributed by atoms with Gasteiger partial charge in [-0.1, -0.05) is 19.1 Å². The highest BCUT2D eigenvalue weighted by Crippen LogP contribution is 2.19. The van der Waals surface area contributed by atoms with Crippen LogP contribution in [-0.4, -0.2) is 35.3 Å². The molecule has 2 amide bonds. The number of aromatic nitrogens is 1. The molecule has 1 heterocycles. The second kappa shape index (κ2) is 8.02. The zero-order valence-corrected chi connectivity index (χ0v) is 14.1. The number of aryl methyl sites for hydroxylation is 1. The Bertz CT molecular complexity index is 649. The summed E-state index contributed by atoms with van der Waals surface area (Å²) in [6.45, 7) is 7.02. The third-order valence-electron chi connectivity index (χ3n) is 3.96. The van der Waals surface area contributed by atoms with Gasteiger partial charge in [-0.15, -0.1) is 0 Å². The van der Waals surface area contributed by atoms with Crippen molar-refractivity contribution in [2.75, 3.05) is 13.1 Å². The van der Waals surface area contributed by atoms with Gasteiger partial charge < -0.3 is 20.7 Å². The van der Waals surface area contributed by atoms with E-state index in [1.54, 1.807) is 6.92 Å². The van der Waals surface area contributed by atoms with Crippen LogP contribution in [0.2, 0.25) is 0 Å². The number of fused-ring (bicyclic) bond motifs is 1. The van der Waals surface area contributed by atoms with Crippen molar-refractivity contribution < 1.29 is 9.90 Å². The number of rotatable bonds is 7. The number of aliphatic hydroxyl groups excluding tert-OH is 1. The van der Waals surface area contributed by atoms with Gasteiger partial charge in [-0.2, -0.15) is 0 Å². The molecular weight excluding hydrogens is 290 g/mol. The van der Waals surface area contributed by atoms with Crippen molar-refractivity contribution in [2.45, 2.75) is 39.7 Å². The van der Waals surface area contributed by atoms with Crippen molar-refractivity contribution in [3.05, 3.63) is 35.5 Å². The number of H-pyrrole nitrogens is 1. The Balaban J connectivity index is 1.74. The van der Waals surface area contributed by atoms with E-state index < -0.39 is 0 Å². The van der Waals surface area contributed by atoms with Crippen LogP contribution in [0.1, 0.15) is 31.4 Å². The Morgan fingerprint density at radius 2 is 2.09 bits per heavy atom. The fourth-order valence-electron chi connectivity index (χ4n) is 2.81. The van der Waals surface area contributed by atoms with Crippen molar-refractivity contribution in [3.63, 3.8) is 0 Å². The number of hydrogen-bond donors (Lipinski definition) is 4. The number of hydrogen-bond acceptors (Lipinski definition) is 2. The third-order valence-corrected chi connectivity index (χ3v) is 3.96. The molecular formula is C18H27N3O2. The summed E-state index contributed by atoms with van der Waals surface area (Å²) >= 11 is 0. The minimum absolute atomic E-state index is 0.155. The van der Waals surface area contributed by atoms with Crippen LogP contribution in [0, 0.1) is 12.8 Å². The minimum atomic E-state index is -0.333. The summed E-state index contributed by atoms with van der Waals surface area (Å²) in [7, 11) is 0. The molecule has 0 saturated heterocycles. The molecule has 2 aromatic rings. The van der Waals surface area contributed by atoms with Crippen LogP contribution in [0.15, 0.2) is 24.4 Å². The summed E-state index contributed by atoms with van der Waals surface area (Å²) in [5.74, 6) is 0.262. The van der Waals surface area contributed by atoms with Crippen molar-refractivity contribution in [3.8, 4) is 0 Å². The van der Waals surface area contributed by atoms with Gasteiger partial charge in [0.2, 0.25) is 0 Å². The highest BCUT2D eigenvalue weighted by Gasteiger charge is 2.08. The molecule has 0 saturated carbocycles. The smallest absolute Gasteiger partial charge is 0.314 e. The number of urea groups is 1. The van der Waals surface area contributed by atoms with E-state index in [2.05, 4.69) is 40.7 Å². The Morgan fingerprint density at radius 1 is 1.30 bits per heavy atom. The Labute approximate surface area is 137 Å². The molecule has 0 fully saturated rings. The number of nitrogens with one attached hydrogen (secondary N) is 3. The van der Waals surface area contributed by atoms with E-state index in [1.165, 1.54) is 16.5 Å². The van der Waals surface area contributed by atoms with Crippen LogP contribution in [0.25, 0.3) is 10.9 Å². The topological polar surface area (TPSA) is 77.2 Å². The number of carbonyl (C=O) groups is 1. The summed E-state index contributed by atoms with van der Waals surface area (Å²) in [4.78, 5) is 15.1. The van der Waals surface area contributed by atoms with Crippen LogP contribution in [0.3, 0.4) is 0 Å². The second-order valence-electron chi connectivity index (χ2n) is 6.44. The highest BCUT2D eigenvalue weighted by molar-refractivity contribution is 5.83. The standard InChI is InChI=1S/C18H27N3O2/c1-12-4-5-16-15(11-20-17(16)9-12)6-7-19-18(23)21-10-13(2)8-14(3)22/h4-5,9,11,13-14,20,22H,6-8,10H2,1-3H3,(H2,19,21,23). The van der Waals surface area contributed by atoms with E-state index >= 15 is 0 Å². The van der Waals surface area contributed by atoms with Crippen LogP contribution < -0.4 is 10.6 Å². The number of carbonyl (C=O) groups excluding carboxylic acids is 1. The SMILES string of the molecule is Cc1ccc2c(CCNC(=O)NCC(C)CC(C)O)c[nH]c2c1. The van der Waals surface area contributed by atoms with Crippen molar-refractivity contribution in [1.82, 2.24) is 15.6 Å². The molecule has 5 heteroatoms. The fraction of sp³-hybridized carbons (Fsp3) is 0.500. The lowest BCUT2D eigenvalue weighted by atomic mass is 10.1. The van der Waals surface area contributed by atoms with E-state index in [0.717, 1.165) is 11.9 Å². The maximum absolute atomic E-state index is 11.8. The highest BCUT2D eigenvalue weighted by atomic mass is 16.3. The quantitative estimate of drug-likeness (QED) is 0.634. The number of amides is 2. The van der Waals surface area contributed by atoms with Crippen LogP contribution in [-0.2, 0) is 6.42 Å². The summed E-state index contributed by atoms with van der Waals surface area (Å²) in [6, 6.07) is 6.19. The van der Waals surface area contributed by atoms with Crippen LogP contribution >= 0.6 is 0 Å². The molecule has 126 valence electrons. The van der Waals surface area contributed by atoms with Crippen LogP contribution in [0.5, 0.6) is 0 Å². The molecule has 23 heavy (non-hydrogen) atoms. The molecule has 0 bridgehead atoms. The molecule has 2 unspecified atom stereocenters. The van der Waals surface area contributed by atoms with E-state index in [-0.39, 0.29) is 18.1 Å². The van der Waals surface area contributed by atoms with E-state index in [1.807, 2.05) is 13.1 Å². The molecule has 0 aliphatic heterocycles. The molecule has 2 atom stereocenters. The Kier molecular flexibility index (Phi) is 6.04. The van der Waals surface area contributed by atoms with E-state index in [4.69, 9.17) is 0 Å². The monoisotopic (exact) mass is 317 g/mol. The molecule has 2 rings (SSSR count). The number of aromatic amines is 1. The molecule has 0 aliphatic carbocycles. The summed E-state index contributed by atoms with van der Waals surface area (Å²) in [6.07, 6.45) is 3.16. The average Bonchev–Trinajstić information content (AvgIpc) is 2.87. The zero-order chi connectivity index (χ0) is 16.8. The van der Waals surface area contributed by atoms with Crippen molar-refractivity contribution >= 4 is 16.9 Å². The number of benzene rings is 1. The van der Waals surface area contributed by atoms with Gasteiger partial charge in [0.25, 0.3) is 0 Å². The Hall–Kier alpha value is -2.01. The molecule has 5 nitrogen and oxygen atoms in total. The summed E-state index contributed by atoms with van der Waals surface area (Å²) in [5.41, 5.74) is 3.58. The summed E-state index contributed by atoms with van der Waals surface area (Å²) < 4.78 is 0. The predicted molar refractivity (Wildman–Crippen MR) is 93.6 cm³/mol. The molecule has 1 aromatic heterocycles. The fourth-order valence-corrected chi connectivity index (χ4v) is 2.81. The maximum atomic E-state index is 11.8. The lowest BCUT2D eigenvalue weighted by Gasteiger charge is -2.14. The molecule has 1 aromatic carbocycles. The average molecular weight is 317 g/mol. The van der Waals surface area contributed by atoms with Gasteiger partial charge in [0.1, 0.15) is 0 Å². The molecule has 4 N–H and O–H groups in total. The molecule has 0 radical (unpaired) electrons. The third kappa shape index (κ3) is 5.28. The van der Waals surface area contributed by atoms with Gasteiger partial charge in [-0.3, -0.25) is 0 Å². The first-order valence-corrected chi connectivity index (χ1v) is 8.22. The van der Waals surface area contributed by atoms with E-state index in [9.17, 15) is 9.90 Å². The van der Waals surface area contributed by atoms with Crippen molar-refractivity contribution in [2.24, 2.45) is 5.92 Å². The Morgan fingerprint density at radius 3 is 2.83 bits per heavy atom. The zero-order valence-electron chi connectivity index (χ0n) is 14.1. The van der Waals surface area contributed by atoms with E-state index in [0.29, 0.717) is 19.5 Å². The van der Waals surface area contributed by atoms with Crippen LogP contribution in [0.4, 0.5) is 4.79 Å². The molecule has 0 spiro atoms. The van der Waals surface area contributed by atoms with Crippen molar-refractivity contribution in [1.29, 1.82) is 0 Å². The number of aliphatic hydroxyl groups is 1. The second-order valence-corrected chi connectivity index (χ2v) is 6.44. The van der Waals surface area contributed by atoms with Gasteiger partial charge in [0, 0.05) is 30.2 Å². The lowest BCUT2D eigenvalue weighted by molar-refractivity contribution is 0.163. The molecule has 0 aliphatic rings. The lowest BCUT2D eigenvalue weighted by Crippen LogP contribution is -2.39. The largest absolute Gasteiger partial charge is 0.393 e. The van der Waals surface area contributed by atoms with Gasteiger partial charge in [-0.05, 0) is 49.8 Å². The van der Waals surface area contributed by atoms with Gasteiger partial charge >= 0.3 is 6.03 Å². The van der Waals surface area contributed by atoms with Gasteiger partial charge in [0.15, 0.2) is 0 Å². The predicted octanol–water partition coefficient (Wildman–Crippen LogP) is 2.73. The minimum Gasteiger partial charge on any atom is -0.393 e. The maximum Gasteiger partial charge on any atom is 0.314 e. The van der Waals surface area contributed by atoms with Gasteiger partial charge in [0.05, 0.1) is 6.10 Å². The normalized spacial score (nSPS) is 13.7. The first-order chi connectivity index (χ1) is 11.0. The van der Waals surface area contributed by atoms with Gasteiger partial charge in [-0.25, -0.2) is 4.79 Å².